The third-order valence-corrected chi connectivity index (χ3v) is 4.64. The van der Waals surface area contributed by atoms with Gasteiger partial charge in [-0.15, -0.1) is 0 Å². The Morgan fingerprint density at radius 1 is 1.40 bits per heavy atom. The Morgan fingerprint density at radius 3 is 2.90 bits per heavy atom. The summed E-state index contributed by atoms with van der Waals surface area (Å²) < 4.78 is 10.5. The van der Waals surface area contributed by atoms with Gasteiger partial charge in [0.05, 0.1) is 12.7 Å². The molecule has 1 aliphatic heterocycles. The van der Waals surface area contributed by atoms with Crippen LogP contribution in [0.1, 0.15) is 23.2 Å². The molecule has 110 valence electrons. The van der Waals surface area contributed by atoms with Crippen LogP contribution in [0.3, 0.4) is 0 Å². The first-order chi connectivity index (χ1) is 9.81. The number of amides is 1. The minimum Gasteiger partial charge on any atom is -0.496 e. The summed E-state index contributed by atoms with van der Waals surface area (Å²) >= 11 is 1.92. The lowest BCUT2D eigenvalue weighted by atomic mass is 10.2. The van der Waals surface area contributed by atoms with E-state index in [1.165, 1.54) is 0 Å². The predicted octanol–water partition coefficient (Wildman–Crippen LogP) is 2.34. The van der Waals surface area contributed by atoms with Gasteiger partial charge in [-0.2, -0.15) is 11.8 Å². The van der Waals surface area contributed by atoms with Crippen LogP contribution in [0.5, 0.6) is 5.75 Å². The van der Waals surface area contributed by atoms with Gasteiger partial charge in [-0.05, 0) is 25.0 Å². The molecule has 1 amide bonds. The number of ether oxygens (including phenoxy) is 2. The molecule has 1 aromatic carbocycles. The fourth-order valence-electron chi connectivity index (χ4n) is 2.16. The van der Waals surface area contributed by atoms with E-state index in [4.69, 9.17) is 9.47 Å². The van der Waals surface area contributed by atoms with E-state index in [2.05, 4.69) is 5.32 Å². The number of nitrogens with one attached hydrogen (secondary N) is 1. The maximum absolute atomic E-state index is 12.1. The minimum atomic E-state index is -0.0740. The molecular formula is C15H21NO3S. The van der Waals surface area contributed by atoms with Crippen LogP contribution < -0.4 is 10.1 Å². The quantitative estimate of drug-likeness (QED) is 0.818. The van der Waals surface area contributed by atoms with Crippen molar-refractivity contribution in [2.45, 2.75) is 18.1 Å². The Balaban J connectivity index is 1.72. The zero-order chi connectivity index (χ0) is 14.2. The average molecular weight is 295 g/mol. The van der Waals surface area contributed by atoms with Crippen molar-refractivity contribution < 1.29 is 14.3 Å². The zero-order valence-electron chi connectivity index (χ0n) is 11.8. The summed E-state index contributed by atoms with van der Waals surface area (Å²) in [6.45, 7) is 2.41. The van der Waals surface area contributed by atoms with E-state index >= 15 is 0 Å². The van der Waals surface area contributed by atoms with Gasteiger partial charge < -0.3 is 14.8 Å². The number of hydrogen-bond acceptors (Lipinski definition) is 4. The first kappa shape index (κ1) is 15.2. The van der Waals surface area contributed by atoms with Crippen molar-refractivity contribution in [2.24, 2.45) is 0 Å². The molecule has 1 N–H and O–H groups in total. The molecule has 5 heteroatoms. The van der Waals surface area contributed by atoms with Crippen LogP contribution in [0, 0.1) is 0 Å². The van der Waals surface area contributed by atoms with Crippen molar-refractivity contribution in [3.05, 3.63) is 29.8 Å². The fourth-order valence-corrected chi connectivity index (χ4v) is 3.24. The number of hydrogen-bond donors (Lipinski definition) is 1. The predicted molar refractivity (Wildman–Crippen MR) is 81.6 cm³/mol. The molecule has 1 saturated heterocycles. The minimum absolute atomic E-state index is 0.0740. The summed E-state index contributed by atoms with van der Waals surface area (Å²) in [7, 11) is 1.58. The molecule has 0 aromatic heterocycles. The summed E-state index contributed by atoms with van der Waals surface area (Å²) in [5.74, 6) is 1.48. The molecule has 0 spiro atoms. The van der Waals surface area contributed by atoms with E-state index in [1.807, 2.05) is 23.9 Å². The number of thioether (sulfide) groups is 1. The van der Waals surface area contributed by atoms with Crippen molar-refractivity contribution in [3.63, 3.8) is 0 Å². The molecule has 20 heavy (non-hydrogen) atoms. The maximum atomic E-state index is 12.1. The number of benzene rings is 1. The Hall–Kier alpha value is -1.20. The van der Waals surface area contributed by atoms with Gasteiger partial charge in [0.2, 0.25) is 0 Å². The summed E-state index contributed by atoms with van der Waals surface area (Å²) in [6.07, 6.45) is 2.23. The van der Waals surface area contributed by atoms with Crippen molar-refractivity contribution in [1.82, 2.24) is 5.32 Å². The lowest BCUT2D eigenvalue weighted by Crippen LogP contribution is -2.27. The third-order valence-electron chi connectivity index (χ3n) is 3.26. The monoisotopic (exact) mass is 295 g/mol. The molecule has 0 bridgehead atoms. The summed E-state index contributed by atoms with van der Waals surface area (Å²) in [6, 6.07) is 7.27. The molecule has 0 saturated carbocycles. The zero-order valence-corrected chi connectivity index (χ0v) is 12.6. The molecule has 0 radical (unpaired) electrons. The van der Waals surface area contributed by atoms with Gasteiger partial charge in [-0.1, -0.05) is 12.1 Å². The van der Waals surface area contributed by atoms with E-state index in [0.29, 0.717) is 23.1 Å². The number of carbonyl (C=O) groups is 1. The molecule has 0 unspecified atom stereocenters. The second-order valence-electron chi connectivity index (χ2n) is 4.64. The third kappa shape index (κ3) is 4.42. The Bertz CT molecular complexity index is 433. The van der Waals surface area contributed by atoms with Gasteiger partial charge in [0.15, 0.2) is 0 Å². The SMILES string of the molecule is COc1ccccc1C(=O)NCCSC1CCOCC1. The molecular weight excluding hydrogens is 274 g/mol. The van der Waals surface area contributed by atoms with Crippen LogP contribution >= 0.6 is 11.8 Å². The molecule has 1 aromatic rings. The maximum Gasteiger partial charge on any atom is 0.255 e. The van der Waals surface area contributed by atoms with Crippen molar-refractivity contribution >= 4 is 17.7 Å². The molecule has 0 atom stereocenters. The average Bonchev–Trinajstić information content (AvgIpc) is 2.52. The topological polar surface area (TPSA) is 47.6 Å². The van der Waals surface area contributed by atoms with Crippen LogP contribution in [-0.4, -0.2) is 43.8 Å². The molecule has 2 rings (SSSR count). The van der Waals surface area contributed by atoms with E-state index < -0.39 is 0 Å². The van der Waals surface area contributed by atoms with Crippen molar-refractivity contribution in [3.8, 4) is 5.75 Å². The second-order valence-corrected chi connectivity index (χ2v) is 6.05. The van der Waals surface area contributed by atoms with Gasteiger partial charge in [-0.3, -0.25) is 4.79 Å². The first-order valence-corrected chi connectivity index (χ1v) is 7.96. The smallest absolute Gasteiger partial charge is 0.255 e. The van der Waals surface area contributed by atoms with Gasteiger partial charge >= 0.3 is 0 Å². The summed E-state index contributed by atoms with van der Waals surface area (Å²) in [5, 5.41) is 3.62. The fraction of sp³-hybridized carbons (Fsp3) is 0.533. The van der Waals surface area contributed by atoms with Gasteiger partial charge in [-0.25, -0.2) is 0 Å². The number of para-hydroxylation sites is 1. The lowest BCUT2D eigenvalue weighted by molar-refractivity contribution is 0.0952. The largest absolute Gasteiger partial charge is 0.496 e. The first-order valence-electron chi connectivity index (χ1n) is 6.92. The van der Waals surface area contributed by atoms with Crippen LogP contribution in [0.15, 0.2) is 24.3 Å². The Kier molecular flexibility index (Phi) is 6.21. The molecule has 0 aliphatic carbocycles. The second kappa shape index (κ2) is 8.17. The van der Waals surface area contributed by atoms with E-state index in [9.17, 15) is 4.79 Å². The Morgan fingerprint density at radius 2 is 2.15 bits per heavy atom. The number of carbonyl (C=O) groups excluding carboxylic acids is 1. The highest BCUT2D eigenvalue weighted by Crippen LogP contribution is 2.21. The standard InChI is InChI=1S/C15H21NO3S/c1-18-14-5-3-2-4-13(14)15(17)16-8-11-20-12-6-9-19-10-7-12/h2-5,12H,6-11H2,1H3,(H,16,17). The molecule has 1 heterocycles. The molecule has 1 aliphatic rings. The van der Waals surface area contributed by atoms with Crippen LogP contribution in [0.25, 0.3) is 0 Å². The van der Waals surface area contributed by atoms with Crippen molar-refractivity contribution in [1.29, 1.82) is 0 Å². The number of rotatable bonds is 6. The van der Waals surface area contributed by atoms with Gasteiger partial charge in [0.25, 0.3) is 5.91 Å². The highest BCUT2D eigenvalue weighted by Gasteiger charge is 2.14. The highest BCUT2D eigenvalue weighted by atomic mass is 32.2. The van der Waals surface area contributed by atoms with Crippen LogP contribution in [0.2, 0.25) is 0 Å². The van der Waals surface area contributed by atoms with Crippen LogP contribution in [0.4, 0.5) is 0 Å². The van der Waals surface area contributed by atoms with E-state index in [1.54, 1.807) is 19.2 Å². The Labute approximate surface area is 124 Å². The normalized spacial score (nSPS) is 15.8. The van der Waals surface area contributed by atoms with Crippen LogP contribution in [-0.2, 0) is 4.74 Å². The number of methoxy groups -OCH3 is 1. The summed E-state index contributed by atoms with van der Waals surface area (Å²) in [4.78, 5) is 12.1. The molecule has 1 fully saturated rings. The van der Waals surface area contributed by atoms with Crippen molar-refractivity contribution in [2.75, 3.05) is 32.6 Å². The molecule has 4 nitrogen and oxygen atoms in total. The lowest BCUT2D eigenvalue weighted by Gasteiger charge is -2.21. The highest BCUT2D eigenvalue weighted by molar-refractivity contribution is 7.99. The van der Waals surface area contributed by atoms with Gasteiger partial charge in [0.1, 0.15) is 5.75 Å². The van der Waals surface area contributed by atoms with Gasteiger partial charge in [0, 0.05) is 30.8 Å². The van der Waals surface area contributed by atoms with E-state index in [-0.39, 0.29) is 5.91 Å². The summed E-state index contributed by atoms with van der Waals surface area (Å²) in [5.41, 5.74) is 0.589. The van der Waals surface area contributed by atoms with E-state index in [0.717, 1.165) is 31.8 Å².